The Bertz CT molecular complexity index is 379. The lowest BCUT2D eigenvalue weighted by molar-refractivity contribution is 0.994. The summed E-state index contributed by atoms with van der Waals surface area (Å²) < 4.78 is 0.970. The number of halogens is 1. The molecule has 0 radical (unpaired) electrons. The third-order valence-electron chi connectivity index (χ3n) is 1.38. The molecule has 6 nitrogen and oxygen atoms in total. The van der Waals surface area contributed by atoms with Crippen molar-refractivity contribution in [1.82, 2.24) is 5.43 Å². The standard InChI is InChI=1S/C8H11BrN6/c9-5-1-3-6(4-2-5)13-8(12)15-14-7(10)11/h1-4H,(H4,10,11,14)(H3,12,13,15). The average molecular weight is 271 g/mol. The van der Waals surface area contributed by atoms with Gasteiger partial charge in [0.05, 0.1) is 5.69 Å². The molecule has 1 aromatic rings. The van der Waals surface area contributed by atoms with E-state index in [-0.39, 0.29) is 11.9 Å². The van der Waals surface area contributed by atoms with E-state index in [1.165, 1.54) is 0 Å². The Kier molecular flexibility index (Phi) is 3.92. The maximum absolute atomic E-state index is 5.50. The fourth-order valence-corrected chi connectivity index (χ4v) is 1.07. The lowest BCUT2D eigenvalue weighted by Gasteiger charge is -1.99. The van der Waals surface area contributed by atoms with E-state index in [0.29, 0.717) is 5.69 Å². The summed E-state index contributed by atoms with van der Waals surface area (Å²) in [5, 5.41) is 3.50. The smallest absolute Gasteiger partial charge is 0.214 e. The van der Waals surface area contributed by atoms with Crippen molar-refractivity contribution < 1.29 is 0 Å². The van der Waals surface area contributed by atoms with Crippen LogP contribution in [0.2, 0.25) is 0 Å². The molecule has 0 aromatic heterocycles. The van der Waals surface area contributed by atoms with E-state index in [2.05, 4.69) is 31.4 Å². The minimum Gasteiger partial charge on any atom is -0.369 e. The quantitative estimate of drug-likeness (QED) is 0.348. The molecule has 0 heterocycles. The van der Waals surface area contributed by atoms with Crippen molar-refractivity contribution in [2.45, 2.75) is 0 Å². The minimum absolute atomic E-state index is 0.107. The molecular formula is C8H11BrN6. The van der Waals surface area contributed by atoms with Crippen LogP contribution in [0.3, 0.4) is 0 Å². The van der Waals surface area contributed by atoms with Crippen LogP contribution in [-0.4, -0.2) is 11.9 Å². The lowest BCUT2D eigenvalue weighted by Crippen LogP contribution is -2.32. The maximum atomic E-state index is 5.50. The van der Waals surface area contributed by atoms with E-state index in [1.807, 2.05) is 12.1 Å². The summed E-state index contributed by atoms with van der Waals surface area (Å²) in [7, 11) is 0. The van der Waals surface area contributed by atoms with Crippen LogP contribution in [0.4, 0.5) is 5.69 Å². The summed E-state index contributed by atoms with van der Waals surface area (Å²) in [5.74, 6) is 0.00896. The molecule has 0 aliphatic rings. The van der Waals surface area contributed by atoms with Crippen LogP contribution in [0.1, 0.15) is 0 Å². The van der Waals surface area contributed by atoms with Gasteiger partial charge in [-0.1, -0.05) is 15.9 Å². The van der Waals surface area contributed by atoms with Gasteiger partial charge in [-0.15, -0.1) is 5.10 Å². The number of hydrazone groups is 1. The van der Waals surface area contributed by atoms with Gasteiger partial charge in [0.15, 0.2) is 0 Å². The summed E-state index contributed by atoms with van der Waals surface area (Å²) >= 11 is 3.31. The number of benzene rings is 1. The zero-order chi connectivity index (χ0) is 11.3. The van der Waals surface area contributed by atoms with Gasteiger partial charge in [0.1, 0.15) is 0 Å². The van der Waals surface area contributed by atoms with Crippen LogP contribution in [0.15, 0.2) is 38.8 Å². The molecule has 80 valence electrons. The van der Waals surface area contributed by atoms with Crippen LogP contribution < -0.4 is 22.6 Å². The Hall–Kier alpha value is -1.76. The number of rotatable bonds is 2. The molecule has 7 heteroatoms. The van der Waals surface area contributed by atoms with Gasteiger partial charge in [-0.05, 0) is 24.3 Å². The fraction of sp³-hybridized carbons (Fsp3) is 0. The molecule has 7 N–H and O–H groups in total. The maximum Gasteiger partial charge on any atom is 0.214 e. The number of aliphatic imine (C=N–C) groups is 1. The first-order valence-electron chi connectivity index (χ1n) is 4.02. The molecule has 0 unspecified atom stereocenters. The van der Waals surface area contributed by atoms with Crippen molar-refractivity contribution in [2.24, 2.45) is 27.3 Å². The predicted molar refractivity (Wildman–Crippen MR) is 64.4 cm³/mol. The molecular weight excluding hydrogens is 260 g/mol. The summed E-state index contributed by atoms with van der Waals surface area (Å²) in [4.78, 5) is 4.02. The summed E-state index contributed by atoms with van der Waals surface area (Å²) in [6, 6.07) is 7.31. The lowest BCUT2D eigenvalue weighted by atomic mass is 10.3. The van der Waals surface area contributed by atoms with Gasteiger partial charge in [-0.25, -0.2) is 10.4 Å². The summed E-state index contributed by atoms with van der Waals surface area (Å²) in [5.41, 5.74) is 18.8. The van der Waals surface area contributed by atoms with Gasteiger partial charge in [0.25, 0.3) is 0 Å². The molecule has 0 aliphatic carbocycles. The van der Waals surface area contributed by atoms with Crippen LogP contribution in [0.25, 0.3) is 0 Å². The van der Waals surface area contributed by atoms with Crippen LogP contribution >= 0.6 is 15.9 Å². The molecule has 0 amide bonds. The number of nitrogens with one attached hydrogen (secondary N) is 1. The van der Waals surface area contributed by atoms with Crippen molar-refractivity contribution in [2.75, 3.05) is 0 Å². The van der Waals surface area contributed by atoms with E-state index in [9.17, 15) is 0 Å². The van der Waals surface area contributed by atoms with E-state index < -0.39 is 0 Å². The Morgan fingerprint density at radius 3 is 2.27 bits per heavy atom. The number of hydrogen-bond donors (Lipinski definition) is 4. The molecule has 0 aliphatic heterocycles. The zero-order valence-corrected chi connectivity index (χ0v) is 9.40. The Morgan fingerprint density at radius 1 is 1.13 bits per heavy atom. The first kappa shape index (κ1) is 11.3. The molecule has 0 spiro atoms. The second-order valence-corrected chi connectivity index (χ2v) is 3.54. The SMILES string of the molecule is NC(N)=NNC(N)=Nc1ccc(Br)cc1. The van der Waals surface area contributed by atoms with Crippen LogP contribution in [0.5, 0.6) is 0 Å². The fourth-order valence-electron chi connectivity index (χ4n) is 0.802. The molecule has 1 aromatic carbocycles. The number of hydrogen-bond acceptors (Lipinski definition) is 2. The van der Waals surface area contributed by atoms with E-state index in [1.54, 1.807) is 12.1 Å². The second kappa shape index (κ2) is 5.20. The highest BCUT2D eigenvalue weighted by Crippen LogP contribution is 2.16. The second-order valence-electron chi connectivity index (χ2n) is 2.62. The highest BCUT2D eigenvalue weighted by Gasteiger charge is 1.92. The van der Waals surface area contributed by atoms with Crippen LogP contribution in [0, 0.1) is 0 Å². The molecule has 0 saturated carbocycles. The Labute approximate surface area is 95.4 Å². The first-order valence-corrected chi connectivity index (χ1v) is 4.81. The third kappa shape index (κ3) is 4.32. The third-order valence-corrected chi connectivity index (χ3v) is 1.90. The highest BCUT2D eigenvalue weighted by molar-refractivity contribution is 9.10. The van der Waals surface area contributed by atoms with Gasteiger partial charge in [-0.3, -0.25) is 0 Å². The van der Waals surface area contributed by atoms with Gasteiger partial charge < -0.3 is 17.2 Å². The summed E-state index contributed by atoms with van der Waals surface area (Å²) in [6.45, 7) is 0. The number of nitrogens with zero attached hydrogens (tertiary/aromatic N) is 2. The molecule has 15 heavy (non-hydrogen) atoms. The number of nitrogens with two attached hydrogens (primary N) is 3. The monoisotopic (exact) mass is 270 g/mol. The van der Waals surface area contributed by atoms with Gasteiger partial charge in [0.2, 0.25) is 11.9 Å². The minimum atomic E-state index is -0.107. The van der Waals surface area contributed by atoms with Gasteiger partial charge >= 0.3 is 0 Å². The molecule has 1 rings (SSSR count). The Morgan fingerprint density at radius 2 is 1.73 bits per heavy atom. The van der Waals surface area contributed by atoms with Crippen molar-refractivity contribution in [3.63, 3.8) is 0 Å². The first-order chi connectivity index (χ1) is 7.08. The van der Waals surface area contributed by atoms with E-state index in [0.717, 1.165) is 4.47 Å². The van der Waals surface area contributed by atoms with E-state index in [4.69, 9.17) is 17.2 Å². The predicted octanol–water partition coefficient (Wildman–Crippen LogP) is 0.173. The average Bonchev–Trinajstić information content (AvgIpc) is 2.19. The van der Waals surface area contributed by atoms with E-state index >= 15 is 0 Å². The highest BCUT2D eigenvalue weighted by atomic mass is 79.9. The molecule has 0 saturated heterocycles. The Balaban J connectivity index is 2.70. The normalized spacial score (nSPS) is 10.9. The van der Waals surface area contributed by atoms with Crippen molar-refractivity contribution in [1.29, 1.82) is 0 Å². The topological polar surface area (TPSA) is 115 Å². The molecule has 0 fully saturated rings. The largest absolute Gasteiger partial charge is 0.369 e. The van der Waals surface area contributed by atoms with Crippen molar-refractivity contribution in [3.05, 3.63) is 28.7 Å². The molecule has 0 atom stereocenters. The zero-order valence-electron chi connectivity index (χ0n) is 7.81. The van der Waals surface area contributed by atoms with Gasteiger partial charge in [-0.2, -0.15) is 0 Å². The summed E-state index contributed by atoms with van der Waals surface area (Å²) in [6.07, 6.45) is 0. The molecule has 0 bridgehead atoms. The van der Waals surface area contributed by atoms with Gasteiger partial charge in [0, 0.05) is 4.47 Å². The van der Waals surface area contributed by atoms with Crippen LogP contribution in [-0.2, 0) is 0 Å². The van der Waals surface area contributed by atoms with Crippen molar-refractivity contribution >= 4 is 33.5 Å². The van der Waals surface area contributed by atoms with Crippen molar-refractivity contribution in [3.8, 4) is 0 Å². The number of guanidine groups is 2.